The molecule has 1 unspecified atom stereocenters. The molecule has 0 N–H and O–H groups in total. The van der Waals surface area contributed by atoms with Crippen LogP contribution in [0.4, 0.5) is 0 Å². The normalized spacial score (nSPS) is 21.3. The molecule has 30 heavy (non-hydrogen) atoms. The van der Waals surface area contributed by atoms with Gasteiger partial charge >= 0.3 is 0 Å². The number of benzene rings is 2. The molecule has 2 aliphatic heterocycles. The molecule has 0 bridgehead atoms. The highest BCUT2D eigenvalue weighted by Crippen LogP contribution is 2.23. The van der Waals surface area contributed by atoms with Gasteiger partial charge in [-0.3, -0.25) is 9.69 Å². The van der Waals surface area contributed by atoms with Gasteiger partial charge in [0.1, 0.15) is 0 Å². The molecule has 1 atom stereocenters. The highest BCUT2D eigenvalue weighted by Gasteiger charge is 2.38. The second kappa shape index (κ2) is 9.06. The summed E-state index contributed by atoms with van der Waals surface area (Å²) in [6, 6.07) is 16.3. The quantitative estimate of drug-likeness (QED) is 0.682. The van der Waals surface area contributed by atoms with Crippen LogP contribution in [-0.4, -0.2) is 73.7 Å². The van der Waals surface area contributed by atoms with E-state index in [2.05, 4.69) is 17.0 Å². The number of carbonyl (C=O) groups excluding carboxylic acids is 1. The summed E-state index contributed by atoms with van der Waals surface area (Å²) >= 11 is 5.87. The molecule has 0 aliphatic carbocycles. The van der Waals surface area contributed by atoms with Gasteiger partial charge in [-0.15, -0.1) is 0 Å². The Kier molecular flexibility index (Phi) is 6.43. The number of carbonyl (C=O) groups is 1. The maximum atomic E-state index is 12.9. The van der Waals surface area contributed by atoms with Crippen molar-refractivity contribution in [3.63, 3.8) is 0 Å². The van der Waals surface area contributed by atoms with Crippen LogP contribution >= 0.6 is 11.6 Å². The van der Waals surface area contributed by atoms with E-state index in [-0.39, 0.29) is 16.8 Å². The molecule has 0 spiro atoms. The Hall–Kier alpha value is -1.93. The van der Waals surface area contributed by atoms with Gasteiger partial charge in [0.25, 0.3) is 0 Å². The first-order valence-electron chi connectivity index (χ1n) is 10.3. The van der Waals surface area contributed by atoms with E-state index in [9.17, 15) is 13.2 Å². The number of likely N-dealkylation sites (tertiary alicyclic amines) is 1. The zero-order valence-corrected chi connectivity index (χ0v) is 18.4. The Morgan fingerprint density at radius 3 is 2.23 bits per heavy atom. The number of sulfonamides is 1. The largest absolute Gasteiger partial charge is 0.341 e. The molecule has 0 saturated carbocycles. The third kappa shape index (κ3) is 4.54. The summed E-state index contributed by atoms with van der Waals surface area (Å²) in [5, 5.41) is 0.510. The number of piperazine rings is 1. The van der Waals surface area contributed by atoms with Crippen molar-refractivity contribution in [1.82, 2.24) is 14.1 Å². The lowest BCUT2D eigenvalue weighted by Crippen LogP contribution is -2.53. The van der Waals surface area contributed by atoms with Crippen LogP contribution in [0.25, 0.3) is 0 Å². The minimum Gasteiger partial charge on any atom is -0.341 e. The molecule has 2 aromatic rings. The number of hydrogen-bond donors (Lipinski definition) is 0. The number of amides is 1. The van der Waals surface area contributed by atoms with Crippen LogP contribution in [0.3, 0.4) is 0 Å². The van der Waals surface area contributed by atoms with E-state index in [0.717, 1.165) is 25.9 Å². The van der Waals surface area contributed by atoms with E-state index in [1.54, 1.807) is 12.1 Å². The third-order valence-electron chi connectivity index (χ3n) is 5.95. The Morgan fingerprint density at radius 2 is 1.57 bits per heavy atom. The second-order valence-corrected chi connectivity index (χ2v) is 10.1. The Bertz CT molecular complexity index is 974. The molecule has 160 valence electrons. The minimum atomic E-state index is -3.54. The van der Waals surface area contributed by atoms with Crippen molar-refractivity contribution in [2.75, 3.05) is 39.3 Å². The van der Waals surface area contributed by atoms with Gasteiger partial charge in [0.15, 0.2) is 0 Å². The topological polar surface area (TPSA) is 60.9 Å². The van der Waals surface area contributed by atoms with E-state index in [1.165, 1.54) is 22.0 Å². The van der Waals surface area contributed by atoms with Gasteiger partial charge in [0, 0.05) is 44.3 Å². The van der Waals surface area contributed by atoms with Gasteiger partial charge in [0.05, 0.1) is 10.9 Å². The fourth-order valence-electron chi connectivity index (χ4n) is 4.20. The average Bonchev–Trinajstić information content (AvgIpc) is 3.14. The highest BCUT2D eigenvalue weighted by molar-refractivity contribution is 7.89. The second-order valence-electron chi connectivity index (χ2n) is 7.76. The molecular formula is C22H26ClN3O3S. The summed E-state index contributed by atoms with van der Waals surface area (Å²) in [4.78, 5) is 17.2. The number of rotatable bonds is 6. The van der Waals surface area contributed by atoms with Crippen molar-refractivity contribution in [2.45, 2.75) is 23.8 Å². The zero-order chi connectivity index (χ0) is 21.1. The van der Waals surface area contributed by atoms with Crippen molar-refractivity contribution in [1.29, 1.82) is 0 Å². The molecule has 6 nitrogen and oxygen atoms in total. The fourth-order valence-corrected chi connectivity index (χ4v) is 5.75. The van der Waals surface area contributed by atoms with E-state index in [4.69, 9.17) is 11.6 Å². The van der Waals surface area contributed by atoms with Gasteiger partial charge in [-0.05, 0) is 42.7 Å². The molecular weight excluding hydrogens is 422 g/mol. The van der Waals surface area contributed by atoms with Gasteiger partial charge < -0.3 is 4.90 Å². The molecule has 0 radical (unpaired) electrons. The number of hydrogen-bond acceptors (Lipinski definition) is 4. The van der Waals surface area contributed by atoms with Crippen LogP contribution in [0.5, 0.6) is 0 Å². The van der Waals surface area contributed by atoms with Crippen LogP contribution < -0.4 is 0 Å². The van der Waals surface area contributed by atoms with E-state index >= 15 is 0 Å². The molecule has 4 rings (SSSR count). The van der Waals surface area contributed by atoms with E-state index in [0.29, 0.717) is 31.2 Å². The summed E-state index contributed by atoms with van der Waals surface area (Å²) in [5.41, 5.74) is 1.23. The molecule has 1 amide bonds. The fraction of sp³-hybridized carbons (Fsp3) is 0.409. The average molecular weight is 448 g/mol. The Balaban J connectivity index is 1.32. The maximum Gasteiger partial charge on any atom is 0.243 e. The molecule has 2 saturated heterocycles. The third-order valence-corrected chi connectivity index (χ3v) is 8.11. The van der Waals surface area contributed by atoms with Crippen LogP contribution in [0, 0.1) is 0 Å². The van der Waals surface area contributed by atoms with Crippen molar-refractivity contribution in [3.05, 3.63) is 65.2 Å². The number of halogens is 1. The molecule has 2 heterocycles. The summed E-state index contributed by atoms with van der Waals surface area (Å²) in [5.74, 6) is 0.167. The first-order chi connectivity index (χ1) is 14.4. The Morgan fingerprint density at radius 1 is 0.900 bits per heavy atom. The molecule has 0 aromatic heterocycles. The van der Waals surface area contributed by atoms with Crippen LogP contribution in [0.2, 0.25) is 5.02 Å². The Labute approximate surface area is 183 Å². The first kappa shape index (κ1) is 21.3. The lowest BCUT2D eigenvalue weighted by molar-refractivity contribution is -0.132. The van der Waals surface area contributed by atoms with Crippen molar-refractivity contribution in [2.24, 2.45) is 0 Å². The van der Waals surface area contributed by atoms with Gasteiger partial charge in [0.2, 0.25) is 15.9 Å². The number of nitrogens with zero attached hydrogens (tertiary/aromatic N) is 3. The highest BCUT2D eigenvalue weighted by atomic mass is 35.5. The van der Waals surface area contributed by atoms with E-state index in [1.807, 2.05) is 23.1 Å². The summed E-state index contributed by atoms with van der Waals surface area (Å²) in [6.45, 7) is 3.40. The lowest BCUT2D eigenvalue weighted by atomic mass is 10.1. The standard InChI is InChI=1S/C22H26ClN3O3S/c23-19-6-8-20(9-7-19)30(28,29)26-16-14-24(15-17-26)21-11-13-25(22(21)27)12-10-18-4-2-1-3-5-18/h1-9,21H,10-17H2. The summed E-state index contributed by atoms with van der Waals surface area (Å²) in [7, 11) is -3.54. The van der Waals surface area contributed by atoms with Crippen LogP contribution in [0.1, 0.15) is 12.0 Å². The van der Waals surface area contributed by atoms with Gasteiger partial charge in [-0.1, -0.05) is 41.9 Å². The maximum absolute atomic E-state index is 12.9. The van der Waals surface area contributed by atoms with Gasteiger partial charge in [-0.2, -0.15) is 4.31 Å². The molecule has 8 heteroatoms. The predicted octanol–water partition coefficient (Wildman–Crippen LogP) is 2.49. The summed E-state index contributed by atoms with van der Waals surface area (Å²) in [6.07, 6.45) is 1.66. The van der Waals surface area contributed by atoms with Crippen LogP contribution in [-0.2, 0) is 21.2 Å². The van der Waals surface area contributed by atoms with Gasteiger partial charge in [-0.25, -0.2) is 8.42 Å². The SMILES string of the molecule is O=C1C(N2CCN(S(=O)(=O)c3ccc(Cl)cc3)CC2)CCN1CCc1ccccc1. The molecule has 2 aromatic carbocycles. The monoisotopic (exact) mass is 447 g/mol. The van der Waals surface area contributed by atoms with Crippen molar-refractivity contribution >= 4 is 27.5 Å². The lowest BCUT2D eigenvalue weighted by Gasteiger charge is -2.36. The molecule has 2 aliphatic rings. The molecule has 2 fully saturated rings. The zero-order valence-electron chi connectivity index (χ0n) is 16.8. The van der Waals surface area contributed by atoms with E-state index < -0.39 is 10.0 Å². The summed E-state index contributed by atoms with van der Waals surface area (Å²) < 4.78 is 27.2. The van der Waals surface area contributed by atoms with Crippen molar-refractivity contribution < 1.29 is 13.2 Å². The first-order valence-corrected chi connectivity index (χ1v) is 12.1. The van der Waals surface area contributed by atoms with Crippen LogP contribution in [0.15, 0.2) is 59.5 Å². The predicted molar refractivity (Wildman–Crippen MR) is 117 cm³/mol. The van der Waals surface area contributed by atoms with Crippen molar-refractivity contribution in [3.8, 4) is 0 Å². The smallest absolute Gasteiger partial charge is 0.243 e. The minimum absolute atomic E-state index is 0.138.